The number of rotatable bonds is 4. The van der Waals surface area contributed by atoms with E-state index in [9.17, 15) is 19.2 Å². The fourth-order valence-corrected chi connectivity index (χ4v) is 3.44. The Balaban J connectivity index is 1.66. The van der Waals surface area contributed by atoms with E-state index in [1.54, 1.807) is 72.8 Å². The Bertz CT molecular complexity index is 1300. The normalized spacial score (nSPS) is 14.9. The van der Waals surface area contributed by atoms with Crippen LogP contribution >= 0.6 is 15.9 Å². The molecule has 0 saturated carbocycles. The van der Waals surface area contributed by atoms with E-state index in [-0.39, 0.29) is 11.3 Å². The van der Waals surface area contributed by atoms with Gasteiger partial charge in [0.25, 0.3) is 11.8 Å². The van der Waals surface area contributed by atoms with Crippen molar-refractivity contribution in [1.82, 2.24) is 5.32 Å². The van der Waals surface area contributed by atoms with E-state index in [0.717, 1.165) is 14.9 Å². The summed E-state index contributed by atoms with van der Waals surface area (Å²) in [6.45, 7) is 1.91. The fraction of sp³-hybridized carbons (Fsp3) is 0.0400. The van der Waals surface area contributed by atoms with Gasteiger partial charge in [-0.1, -0.05) is 51.8 Å². The monoisotopic (exact) mass is 504 g/mol. The average molecular weight is 505 g/mol. The smallest absolute Gasteiger partial charge is 0.343 e. The van der Waals surface area contributed by atoms with Gasteiger partial charge in [0.1, 0.15) is 11.3 Å². The summed E-state index contributed by atoms with van der Waals surface area (Å²) >= 11 is 3.30. The van der Waals surface area contributed by atoms with Crippen molar-refractivity contribution in [2.24, 2.45) is 0 Å². The Hall–Kier alpha value is -4.04. The highest BCUT2D eigenvalue weighted by Gasteiger charge is 2.37. The minimum absolute atomic E-state index is 0.170. The molecule has 0 atom stereocenters. The van der Waals surface area contributed by atoms with Crippen molar-refractivity contribution in [3.63, 3.8) is 0 Å². The SMILES string of the molecule is Cc1ccc(C(=O)Oc2ccccc2/C=C2/C(=O)NC(=O)N(c3ccc(Br)cc3)C2=O)cc1. The van der Waals surface area contributed by atoms with Gasteiger partial charge in [0.2, 0.25) is 0 Å². The zero-order chi connectivity index (χ0) is 23.5. The molecule has 0 bridgehead atoms. The minimum Gasteiger partial charge on any atom is -0.422 e. The van der Waals surface area contributed by atoms with Crippen molar-refractivity contribution in [2.75, 3.05) is 4.90 Å². The lowest BCUT2D eigenvalue weighted by atomic mass is 10.1. The standard InChI is InChI=1S/C25H17BrN2O5/c1-15-6-8-16(9-7-15)24(31)33-21-5-3-2-4-17(21)14-20-22(29)27-25(32)28(23(20)30)19-12-10-18(26)11-13-19/h2-14H,1H3,(H,27,29,32)/b20-14-. The first-order valence-corrected chi connectivity index (χ1v) is 10.7. The Morgan fingerprint density at radius 2 is 1.61 bits per heavy atom. The summed E-state index contributed by atoms with van der Waals surface area (Å²) in [5, 5.41) is 2.17. The lowest BCUT2D eigenvalue weighted by molar-refractivity contribution is -0.122. The molecule has 7 nitrogen and oxygen atoms in total. The zero-order valence-corrected chi connectivity index (χ0v) is 19.0. The van der Waals surface area contributed by atoms with Gasteiger partial charge in [-0.25, -0.2) is 14.5 Å². The Morgan fingerprint density at radius 1 is 0.939 bits per heavy atom. The second-order valence-electron chi connectivity index (χ2n) is 7.23. The number of hydrogen-bond donors (Lipinski definition) is 1. The molecule has 1 saturated heterocycles. The van der Waals surface area contributed by atoms with Crippen LogP contribution in [-0.4, -0.2) is 23.8 Å². The van der Waals surface area contributed by atoms with Gasteiger partial charge in [0.15, 0.2) is 0 Å². The molecule has 1 N–H and O–H groups in total. The number of barbiturate groups is 1. The van der Waals surface area contributed by atoms with E-state index in [4.69, 9.17) is 4.74 Å². The molecule has 1 aliphatic rings. The van der Waals surface area contributed by atoms with Crippen molar-refractivity contribution < 1.29 is 23.9 Å². The molecule has 3 aromatic carbocycles. The summed E-state index contributed by atoms with van der Waals surface area (Å²) in [5.74, 6) is -2.03. The summed E-state index contributed by atoms with van der Waals surface area (Å²) < 4.78 is 6.29. The Morgan fingerprint density at radius 3 is 2.30 bits per heavy atom. The summed E-state index contributed by atoms with van der Waals surface area (Å²) in [6, 6.07) is 19.1. The summed E-state index contributed by atoms with van der Waals surface area (Å²) in [7, 11) is 0. The molecule has 1 heterocycles. The molecular formula is C25H17BrN2O5. The van der Waals surface area contributed by atoms with Gasteiger partial charge in [-0.3, -0.25) is 14.9 Å². The number of halogens is 1. The van der Waals surface area contributed by atoms with Crippen molar-refractivity contribution >= 4 is 51.5 Å². The summed E-state index contributed by atoms with van der Waals surface area (Å²) in [5.41, 5.74) is 1.74. The number of esters is 1. The Kier molecular flexibility index (Phi) is 6.19. The van der Waals surface area contributed by atoms with Crippen molar-refractivity contribution in [1.29, 1.82) is 0 Å². The number of urea groups is 1. The average Bonchev–Trinajstić information content (AvgIpc) is 2.79. The van der Waals surface area contributed by atoms with Crippen LogP contribution in [0.1, 0.15) is 21.5 Å². The largest absolute Gasteiger partial charge is 0.422 e. The molecule has 0 unspecified atom stereocenters. The molecule has 0 spiro atoms. The number of amides is 4. The highest BCUT2D eigenvalue weighted by Crippen LogP contribution is 2.27. The van der Waals surface area contributed by atoms with Gasteiger partial charge in [-0.05, 0) is 55.5 Å². The van der Waals surface area contributed by atoms with Crippen LogP contribution in [0.4, 0.5) is 10.5 Å². The van der Waals surface area contributed by atoms with E-state index < -0.39 is 23.8 Å². The number of nitrogens with zero attached hydrogens (tertiary/aromatic N) is 1. The Labute approximate surface area is 197 Å². The predicted octanol–water partition coefficient (Wildman–Crippen LogP) is 4.64. The van der Waals surface area contributed by atoms with E-state index >= 15 is 0 Å². The van der Waals surface area contributed by atoms with Crippen LogP contribution in [0.15, 0.2) is 82.8 Å². The first-order valence-electron chi connectivity index (χ1n) is 9.88. The number of para-hydroxylation sites is 1. The molecule has 0 aromatic heterocycles. The third kappa shape index (κ3) is 4.75. The van der Waals surface area contributed by atoms with Gasteiger partial charge < -0.3 is 4.74 Å². The third-order valence-corrected chi connectivity index (χ3v) is 5.42. The highest BCUT2D eigenvalue weighted by atomic mass is 79.9. The van der Waals surface area contributed by atoms with Crippen LogP contribution in [0, 0.1) is 6.92 Å². The first kappa shape index (κ1) is 22.2. The van der Waals surface area contributed by atoms with Gasteiger partial charge in [-0.15, -0.1) is 0 Å². The first-order chi connectivity index (χ1) is 15.8. The van der Waals surface area contributed by atoms with Crippen LogP contribution in [0.3, 0.4) is 0 Å². The van der Waals surface area contributed by atoms with Crippen molar-refractivity contribution in [3.05, 3.63) is 99.5 Å². The lowest BCUT2D eigenvalue weighted by Crippen LogP contribution is -2.54. The van der Waals surface area contributed by atoms with Crippen LogP contribution < -0.4 is 15.0 Å². The van der Waals surface area contributed by atoms with Crippen LogP contribution in [0.2, 0.25) is 0 Å². The molecule has 1 aliphatic heterocycles. The number of carbonyl (C=O) groups is 4. The summed E-state index contributed by atoms with van der Waals surface area (Å²) in [6.07, 6.45) is 1.30. The third-order valence-electron chi connectivity index (χ3n) is 4.90. The molecule has 1 fully saturated rings. The maximum absolute atomic E-state index is 13.1. The molecule has 33 heavy (non-hydrogen) atoms. The highest BCUT2D eigenvalue weighted by molar-refractivity contribution is 9.10. The molecule has 164 valence electrons. The quantitative estimate of drug-likeness (QED) is 0.241. The van der Waals surface area contributed by atoms with E-state index in [1.165, 1.54) is 6.08 Å². The second-order valence-corrected chi connectivity index (χ2v) is 8.14. The zero-order valence-electron chi connectivity index (χ0n) is 17.4. The molecule has 3 aromatic rings. The lowest BCUT2D eigenvalue weighted by Gasteiger charge is -2.26. The molecule has 8 heteroatoms. The van der Waals surface area contributed by atoms with Crippen LogP contribution in [0.5, 0.6) is 5.75 Å². The number of benzene rings is 3. The van der Waals surface area contributed by atoms with Crippen LogP contribution in [-0.2, 0) is 9.59 Å². The molecule has 0 radical (unpaired) electrons. The summed E-state index contributed by atoms with van der Waals surface area (Å²) in [4.78, 5) is 51.3. The molecule has 0 aliphatic carbocycles. The maximum Gasteiger partial charge on any atom is 0.343 e. The number of carbonyl (C=O) groups excluding carboxylic acids is 4. The molecule has 4 rings (SSSR count). The van der Waals surface area contributed by atoms with Gasteiger partial charge >= 0.3 is 12.0 Å². The second kappa shape index (κ2) is 9.22. The van der Waals surface area contributed by atoms with Crippen molar-refractivity contribution in [3.8, 4) is 5.75 Å². The van der Waals surface area contributed by atoms with E-state index in [2.05, 4.69) is 21.2 Å². The number of hydrogen-bond acceptors (Lipinski definition) is 5. The molecular weight excluding hydrogens is 488 g/mol. The molecule has 4 amide bonds. The topological polar surface area (TPSA) is 92.8 Å². The number of imide groups is 2. The number of ether oxygens (including phenoxy) is 1. The van der Waals surface area contributed by atoms with Gasteiger partial charge in [0.05, 0.1) is 11.3 Å². The van der Waals surface area contributed by atoms with Gasteiger partial charge in [-0.2, -0.15) is 0 Å². The predicted molar refractivity (Wildman–Crippen MR) is 126 cm³/mol. The number of nitrogens with one attached hydrogen (secondary N) is 1. The number of aryl methyl sites for hydroxylation is 1. The fourth-order valence-electron chi connectivity index (χ4n) is 3.18. The minimum atomic E-state index is -0.844. The van der Waals surface area contributed by atoms with E-state index in [0.29, 0.717) is 16.8 Å². The van der Waals surface area contributed by atoms with Gasteiger partial charge in [0, 0.05) is 10.0 Å². The van der Waals surface area contributed by atoms with Crippen molar-refractivity contribution in [2.45, 2.75) is 6.92 Å². The maximum atomic E-state index is 13.1. The van der Waals surface area contributed by atoms with E-state index in [1.807, 2.05) is 6.92 Å². The number of anilines is 1. The van der Waals surface area contributed by atoms with Crippen LogP contribution in [0.25, 0.3) is 6.08 Å².